The van der Waals surface area contributed by atoms with Crippen LogP contribution in [0.4, 0.5) is 0 Å². The van der Waals surface area contributed by atoms with Gasteiger partial charge in [0, 0.05) is 18.9 Å². The van der Waals surface area contributed by atoms with Crippen LogP contribution in [0.1, 0.15) is 24.0 Å². The maximum Gasteiger partial charge on any atom is 0.136 e. The highest BCUT2D eigenvalue weighted by Crippen LogP contribution is 2.26. The number of nitrogens with one attached hydrogen (secondary N) is 1. The van der Waals surface area contributed by atoms with Gasteiger partial charge in [-0.1, -0.05) is 24.3 Å². The van der Waals surface area contributed by atoms with Gasteiger partial charge in [-0.2, -0.15) is 0 Å². The first kappa shape index (κ1) is 10.4. The Morgan fingerprint density at radius 1 is 1.27 bits per heavy atom. The van der Waals surface area contributed by atoms with Gasteiger partial charge in [0.05, 0.1) is 0 Å². The molecule has 0 amide bonds. The Labute approximate surface area is 90.7 Å². The Hall–Kier alpha value is -1.15. The molecular formula is C13H17NO. The summed E-state index contributed by atoms with van der Waals surface area (Å²) in [5, 5.41) is 3.12. The molecule has 1 saturated carbocycles. The van der Waals surface area contributed by atoms with Gasteiger partial charge in [0.1, 0.15) is 5.78 Å². The molecule has 15 heavy (non-hydrogen) atoms. The molecule has 1 aliphatic rings. The van der Waals surface area contributed by atoms with Crippen LogP contribution in [0.5, 0.6) is 0 Å². The maximum atomic E-state index is 11.2. The normalized spacial score (nSPS) is 20.1. The van der Waals surface area contributed by atoms with Gasteiger partial charge in [0.2, 0.25) is 0 Å². The van der Waals surface area contributed by atoms with E-state index in [4.69, 9.17) is 0 Å². The lowest BCUT2D eigenvalue weighted by Gasteiger charge is -2.23. The molecule has 1 N–H and O–H groups in total. The molecule has 0 aromatic heterocycles. The summed E-state index contributed by atoms with van der Waals surface area (Å²) in [6, 6.07) is 8.54. The van der Waals surface area contributed by atoms with E-state index in [1.54, 1.807) is 0 Å². The zero-order chi connectivity index (χ0) is 10.7. The summed E-state index contributed by atoms with van der Waals surface area (Å²) in [6.45, 7) is 0.905. The van der Waals surface area contributed by atoms with E-state index in [-0.39, 0.29) is 0 Å². The minimum atomic E-state index is 0.306. The second-order valence-corrected chi connectivity index (χ2v) is 4.25. The van der Waals surface area contributed by atoms with Crippen LogP contribution in [-0.4, -0.2) is 12.8 Å². The molecule has 1 atom stereocenters. The van der Waals surface area contributed by atoms with Crippen LogP contribution in [0.3, 0.4) is 0 Å². The summed E-state index contributed by atoms with van der Waals surface area (Å²) in [4.78, 5) is 11.2. The number of rotatable bonds is 4. The van der Waals surface area contributed by atoms with Gasteiger partial charge >= 0.3 is 0 Å². The molecule has 0 spiro atoms. The lowest BCUT2D eigenvalue weighted by molar-refractivity contribution is -0.129. The number of hydrogen-bond acceptors (Lipinski definition) is 2. The number of ketones is 1. The van der Waals surface area contributed by atoms with Crippen LogP contribution in [-0.2, 0) is 17.8 Å². The first-order valence-corrected chi connectivity index (χ1v) is 5.54. The average Bonchev–Trinajstić information content (AvgIpc) is 2.26. The molecule has 0 aliphatic heterocycles. The molecule has 0 heterocycles. The van der Waals surface area contributed by atoms with E-state index < -0.39 is 0 Å². The number of Topliss-reactive ketones (excluding diaryl/α,β-unsaturated/α-hetero) is 1. The smallest absolute Gasteiger partial charge is 0.136 e. The van der Waals surface area contributed by atoms with Gasteiger partial charge in [-0.05, 0) is 31.0 Å². The van der Waals surface area contributed by atoms with Gasteiger partial charge in [0.25, 0.3) is 0 Å². The molecule has 1 fully saturated rings. The van der Waals surface area contributed by atoms with Gasteiger partial charge in [-0.25, -0.2) is 0 Å². The van der Waals surface area contributed by atoms with Crippen LogP contribution in [0.15, 0.2) is 24.3 Å². The van der Waals surface area contributed by atoms with E-state index in [2.05, 4.69) is 29.6 Å². The van der Waals surface area contributed by atoms with E-state index in [0.29, 0.717) is 11.7 Å². The zero-order valence-corrected chi connectivity index (χ0v) is 9.12. The quantitative estimate of drug-likeness (QED) is 0.810. The fraction of sp³-hybridized carbons (Fsp3) is 0.462. The van der Waals surface area contributed by atoms with Gasteiger partial charge in [-0.3, -0.25) is 4.79 Å². The predicted molar refractivity (Wildman–Crippen MR) is 60.6 cm³/mol. The maximum absolute atomic E-state index is 11.2. The Morgan fingerprint density at radius 3 is 2.40 bits per heavy atom. The summed E-state index contributed by atoms with van der Waals surface area (Å²) in [5.41, 5.74) is 2.58. The Morgan fingerprint density at radius 2 is 1.93 bits per heavy atom. The van der Waals surface area contributed by atoms with Crippen molar-refractivity contribution in [2.45, 2.75) is 25.8 Å². The van der Waals surface area contributed by atoms with Crippen molar-refractivity contribution in [3.63, 3.8) is 0 Å². The number of benzene rings is 1. The summed E-state index contributed by atoms with van der Waals surface area (Å²) in [6.07, 6.45) is 2.80. The first-order chi connectivity index (χ1) is 7.29. The van der Waals surface area contributed by atoms with Gasteiger partial charge in [0.15, 0.2) is 0 Å². The van der Waals surface area contributed by atoms with Crippen molar-refractivity contribution in [1.82, 2.24) is 5.32 Å². The Kier molecular flexibility index (Phi) is 3.17. The third-order valence-corrected chi connectivity index (χ3v) is 3.08. The number of hydrogen-bond donors (Lipinski definition) is 1. The third-order valence-electron chi connectivity index (χ3n) is 3.08. The molecular weight excluding hydrogens is 186 g/mol. The summed E-state index contributed by atoms with van der Waals surface area (Å²) in [7, 11) is 1.95. The SMILES string of the molecule is CNCc1ccc(CC2CCC2=O)cc1. The highest BCUT2D eigenvalue weighted by molar-refractivity contribution is 5.86. The largest absolute Gasteiger partial charge is 0.316 e. The fourth-order valence-electron chi connectivity index (χ4n) is 1.96. The highest BCUT2D eigenvalue weighted by atomic mass is 16.1. The van der Waals surface area contributed by atoms with Crippen molar-refractivity contribution in [3.8, 4) is 0 Å². The van der Waals surface area contributed by atoms with Crippen LogP contribution in [0.25, 0.3) is 0 Å². The van der Waals surface area contributed by atoms with E-state index in [1.807, 2.05) is 7.05 Å². The molecule has 2 rings (SSSR count). The summed E-state index contributed by atoms with van der Waals surface area (Å²) < 4.78 is 0. The number of carbonyl (C=O) groups excluding carboxylic acids is 1. The molecule has 2 heteroatoms. The van der Waals surface area contributed by atoms with Crippen molar-refractivity contribution in [1.29, 1.82) is 0 Å². The summed E-state index contributed by atoms with van der Waals surface area (Å²) in [5.74, 6) is 0.745. The molecule has 2 nitrogen and oxygen atoms in total. The zero-order valence-electron chi connectivity index (χ0n) is 9.12. The van der Waals surface area contributed by atoms with Crippen molar-refractivity contribution < 1.29 is 4.79 Å². The van der Waals surface area contributed by atoms with Crippen molar-refractivity contribution >= 4 is 5.78 Å². The number of carbonyl (C=O) groups is 1. The molecule has 1 aliphatic carbocycles. The van der Waals surface area contributed by atoms with Gasteiger partial charge < -0.3 is 5.32 Å². The predicted octanol–water partition coefficient (Wildman–Crippen LogP) is 1.93. The van der Waals surface area contributed by atoms with Gasteiger partial charge in [-0.15, -0.1) is 0 Å². The minimum absolute atomic E-state index is 0.306. The molecule has 0 bridgehead atoms. The van der Waals surface area contributed by atoms with Crippen molar-refractivity contribution in [2.75, 3.05) is 7.05 Å². The highest BCUT2D eigenvalue weighted by Gasteiger charge is 2.27. The lowest BCUT2D eigenvalue weighted by atomic mass is 9.79. The molecule has 80 valence electrons. The Balaban J connectivity index is 1.94. The van der Waals surface area contributed by atoms with Crippen LogP contribution in [0.2, 0.25) is 0 Å². The first-order valence-electron chi connectivity index (χ1n) is 5.54. The van der Waals surface area contributed by atoms with E-state index in [0.717, 1.165) is 25.8 Å². The topological polar surface area (TPSA) is 29.1 Å². The molecule has 0 radical (unpaired) electrons. The van der Waals surface area contributed by atoms with E-state index in [1.165, 1.54) is 11.1 Å². The van der Waals surface area contributed by atoms with E-state index >= 15 is 0 Å². The second-order valence-electron chi connectivity index (χ2n) is 4.25. The standard InChI is InChI=1S/C13H17NO/c1-14-9-11-4-2-10(3-5-11)8-12-6-7-13(12)15/h2-5,12,14H,6-9H2,1H3. The average molecular weight is 203 g/mol. The molecule has 1 aromatic carbocycles. The minimum Gasteiger partial charge on any atom is -0.316 e. The second kappa shape index (κ2) is 4.58. The molecule has 1 unspecified atom stereocenters. The monoisotopic (exact) mass is 203 g/mol. The van der Waals surface area contributed by atoms with Crippen molar-refractivity contribution in [2.24, 2.45) is 5.92 Å². The van der Waals surface area contributed by atoms with Crippen molar-refractivity contribution in [3.05, 3.63) is 35.4 Å². The fourth-order valence-corrected chi connectivity index (χ4v) is 1.96. The third kappa shape index (κ3) is 2.45. The van der Waals surface area contributed by atoms with Crippen LogP contribution >= 0.6 is 0 Å². The summed E-state index contributed by atoms with van der Waals surface area (Å²) >= 11 is 0. The molecule has 1 aromatic rings. The Bertz CT molecular complexity index is 342. The van der Waals surface area contributed by atoms with Crippen LogP contribution < -0.4 is 5.32 Å². The van der Waals surface area contributed by atoms with E-state index in [9.17, 15) is 4.79 Å². The molecule has 0 saturated heterocycles. The lowest BCUT2D eigenvalue weighted by Crippen LogP contribution is -2.27. The van der Waals surface area contributed by atoms with Crippen LogP contribution in [0, 0.1) is 5.92 Å².